The van der Waals surface area contributed by atoms with Crippen molar-refractivity contribution in [1.82, 2.24) is 0 Å². The molecule has 4 nitrogen and oxygen atoms in total. The van der Waals surface area contributed by atoms with E-state index < -0.39 is 0 Å². The monoisotopic (exact) mass is 252 g/mol. The van der Waals surface area contributed by atoms with Crippen molar-refractivity contribution in [3.63, 3.8) is 0 Å². The van der Waals surface area contributed by atoms with Crippen molar-refractivity contribution >= 4 is 23.2 Å². The zero-order valence-corrected chi connectivity index (χ0v) is 10.4. The molecule has 2 aromatic carbocycles. The van der Waals surface area contributed by atoms with Crippen LogP contribution in [-0.4, -0.2) is 11.8 Å². The van der Waals surface area contributed by atoms with Gasteiger partial charge in [0.2, 0.25) is 0 Å². The number of nitrogens with zero attached hydrogens (tertiary/aromatic N) is 1. The highest BCUT2D eigenvalue weighted by molar-refractivity contribution is 6.34. The lowest BCUT2D eigenvalue weighted by atomic mass is 10.1. The van der Waals surface area contributed by atoms with Gasteiger partial charge in [-0.3, -0.25) is 9.59 Å². The van der Waals surface area contributed by atoms with Gasteiger partial charge >= 0.3 is 0 Å². The first kappa shape index (κ1) is 11.5. The molecule has 0 radical (unpaired) electrons. The topological polar surface area (TPSA) is 63.4 Å². The van der Waals surface area contributed by atoms with Crippen LogP contribution in [-0.2, 0) is 0 Å². The molecule has 0 fully saturated rings. The highest BCUT2D eigenvalue weighted by Crippen LogP contribution is 2.29. The van der Waals surface area contributed by atoms with E-state index in [0.717, 1.165) is 5.56 Å². The third-order valence-corrected chi connectivity index (χ3v) is 3.17. The average Bonchev–Trinajstić information content (AvgIpc) is 2.61. The van der Waals surface area contributed by atoms with Crippen molar-refractivity contribution in [3.8, 4) is 0 Å². The molecule has 0 bridgehead atoms. The highest BCUT2D eigenvalue weighted by Gasteiger charge is 2.36. The van der Waals surface area contributed by atoms with Crippen molar-refractivity contribution in [3.05, 3.63) is 59.2 Å². The van der Waals surface area contributed by atoms with Crippen LogP contribution in [0.3, 0.4) is 0 Å². The first-order valence-electron chi connectivity index (χ1n) is 5.93. The molecule has 1 heterocycles. The molecule has 1 aliphatic rings. The summed E-state index contributed by atoms with van der Waals surface area (Å²) in [5.74, 6) is -0.597. The molecule has 19 heavy (non-hydrogen) atoms. The van der Waals surface area contributed by atoms with Gasteiger partial charge in [-0.1, -0.05) is 17.7 Å². The zero-order valence-electron chi connectivity index (χ0n) is 10.4. The van der Waals surface area contributed by atoms with Gasteiger partial charge in [0.05, 0.1) is 16.8 Å². The summed E-state index contributed by atoms with van der Waals surface area (Å²) in [6.07, 6.45) is 0. The first-order chi connectivity index (χ1) is 9.08. The minimum atomic E-state index is -0.300. The lowest BCUT2D eigenvalue weighted by Gasteiger charge is -2.14. The molecule has 1 aliphatic heterocycles. The van der Waals surface area contributed by atoms with E-state index >= 15 is 0 Å². The molecule has 2 aromatic rings. The SMILES string of the molecule is Cc1ccc2c(c1)C(=O)N(c1cccc(N)c1)C2=O. The minimum absolute atomic E-state index is 0.297. The Morgan fingerprint density at radius 1 is 0.947 bits per heavy atom. The number of rotatable bonds is 1. The minimum Gasteiger partial charge on any atom is -0.399 e. The summed E-state index contributed by atoms with van der Waals surface area (Å²) < 4.78 is 0. The molecule has 2 N–H and O–H groups in total. The number of aryl methyl sites for hydroxylation is 1. The smallest absolute Gasteiger partial charge is 0.266 e. The molecule has 0 saturated carbocycles. The predicted octanol–water partition coefficient (Wildman–Crippen LogP) is 2.38. The molecule has 0 aliphatic carbocycles. The largest absolute Gasteiger partial charge is 0.399 e. The number of anilines is 2. The van der Waals surface area contributed by atoms with Crippen LogP contribution >= 0.6 is 0 Å². The second kappa shape index (κ2) is 3.95. The Morgan fingerprint density at radius 3 is 2.42 bits per heavy atom. The van der Waals surface area contributed by atoms with Crippen LogP contribution < -0.4 is 10.6 Å². The van der Waals surface area contributed by atoms with Crippen LogP contribution in [0.15, 0.2) is 42.5 Å². The van der Waals surface area contributed by atoms with Gasteiger partial charge in [0, 0.05) is 5.69 Å². The van der Waals surface area contributed by atoms with Gasteiger partial charge in [-0.25, -0.2) is 4.90 Å². The summed E-state index contributed by atoms with van der Waals surface area (Å²) in [6, 6.07) is 12.0. The number of hydrogen-bond donors (Lipinski definition) is 1. The van der Waals surface area contributed by atoms with Gasteiger partial charge in [-0.2, -0.15) is 0 Å². The van der Waals surface area contributed by atoms with E-state index in [9.17, 15) is 9.59 Å². The molecular weight excluding hydrogens is 240 g/mol. The molecule has 0 saturated heterocycles. The van der Waals surface area contributed by atoms with E-state index in [-0.39, 0.29) is 11.8 Å². The average molecular weight is 252 g/mol. The van der Waals surface area contributed by atoms with Crippen LogP contribution in [0.25, 0.3) is 0 Å². The van der Waals surface area contributed by atoms with Gasteiger partial charge < -0.3 is 5.73 Å². The molecule has 3 rings (SSSR count). The first-order valence-corrected chi connectivity index (χ1v) is 5.93. The summed E-state index contributed by atoms with van der Waals surface area (Å²) in [6.45, 7) is 1.89. The van der Waals surface area contributed by atoms with Crippen LogP contribution in [0, 0.1) is 6.92 Å². The third-order valence-electron chi connectivity index (χ3n) is 3.17. The van der Waals surface area contributed by atoms with Crippen molar-refractivity contribution < 1.29 is 9.59 Å². The fourth-order valence-corrected chi connectivity index (χ4v) is 2.25. The summed E-state index contributed by atoms with van der Waals surface area (Å²) in [7, 11) is 0. The molecule has 4 heteroatoms. The summed E-state index contributed by atoms with van der Waals surface area (Å²) >= 11 is 0. The summed E-state index contributed by atoms with van der Waals surface area (Å²) in [5.41, 5.74) is 8.57. The van der Waals surface area contributed by atoms with E-state index in [1.807, 2.05) is 13.0 Å². The maximum atomic E-state index is 12.3. The van der Waals surface area contributed by atoms with Crippen LogP contribution in [0.4, 0.5) is 11.4 Å². The Bertz CT molecular complexity index is 707. The predicted molar refractivity (Wildman–Crippen MR) is 73.2 cm³/mol. The number of nitrogen functional groups attached to an aromatic ring is 1. The lowest BCUT2D eigenvalue weighted by molar-refractivity contribution is 0.0926. The van der Waals surface area contributed by atoms with E-state index in [2.05, 4.69) is 0 Å². The fraction of sp³-hybridized carbons (Fsp3) is 0.0667. The van der Waals surface area contributed by atoms with Gasteiger partial charge in [0.25, 0.3) is 11.8 Å². The molecular formula is C15H12N2O2. The van der Waals surface area contributed by atoms with Crippen molar-refractivity contribution in [2.45, 2.75) is 6.92 Å². The van der Waals surface area contributed by atoms with Crippen molar-refractivity contribution in [2.24, 2.45) is 0 Å². The number of amides is 2. The zero-order chi connectivity index (χ0) is 13.6. The Labute approximate surface area is 110 Å². The number of carbonyl (C=O) groups excluding carboxylic acids is 2. The Hall–Kier alpha value is -2.62. The third kappa shape index (κ3) is 1.69. The normalized spacial score (nSPS) is 13.8. The number of hydrogen-bond acceptors (Lipinski definition) is 3. The van der Waals surface area contributed by atoms with Gasteiger partial charge in [0.15, 0.2) is 0 Å². The molecule has 94 valence electrons. The van der Waals surface area contributed by atoms with E-state index in [4.69, 9.17) is 5.73 Å². The van der Waals surface area contributed by atoms with E-state index in [1.165, 1.54) is 4.90 Å². The lowest BCUT2D eigenvalue weighted by Crippen LogP contribution is -2.29. The Kier molecular flexibility index (Phi) is 2.38. The molecule has 2 amide bonds. The maximum Gasteiger partial charge on any atom is 0.266 e. The standard InChI is InChI=1S/C15H12N2O2/c1-9-5-6-12-13(7-9)15(19)17(14(12)18)11-4-2-3-10(16)8-11/h2-8H,16H2,1H3. The van der Waals surface area contributed by atoms with E-state index in [1.54, 1.807) is 36.4 Å². The maximum absolute atomic E-state index is 12.3. The number of carbonyl (C=O) groups is 2. The molecule has 0 spiro atoms. The van der Waals surface area contributed by atoms with Gasteiger partial charge in [-0.15, -0.1) is 0 Å². The van der Waals surface area contributed by atoms with Crippen LogP contribution in [0.5, 0.6) is 0 Å². The van der Waals surface area contributed by atoms with Gasteiger partial charge in [-0.05, 0) is 37.3 Å². The van der Waals surface area contributed by atoms with Crippen LogP contribution in [0.1, 0.15) is 26.3 Å². The summed E-state index contributed by atoms with van der Waals surface area (Å²) in [5, 5.41) is 0. The second-order valence-corrected chi connectivity index (χ2v) is 4.59. The van der Waals surface area contributed by atoms with Crippen molar-refractivity contribution in [2.75, 3.05) is 10.6 Å². The number of fused-ring (bicyclic) bond motifs is 1. The number of benzene rings is 2. The van der Waals surface area contributed by atoms with Crippen LogP contribution in [0.2, 0.25) is 0 Å². The Balaban J connectivity index is 2.13. The van der Waals surface area contributed by atoms with Crippen molar-refractivity contribution in [1.29, 1.82) is 0 Å². The number of imide groups is 1. The number of nitrogens with two attached hydrogens (primary N) is 1. The molecule has 0 unspecified atom stereocenters. The Morgan fingerprint density at radius 2 is 1.68 bits per heavy atom. The summed E-state index contributed by atoms with van der Waals surface area (Å²) in [4.78, 5) is 25.8. The molecule has 0 aromatic heterocycles. The van der Waals surface area contributed by atoms with E-state index in [0.29, 0.717) is 22.5 Å². The highest BCUT2D eigenvalue weighted by atomic mass is 16.2. The molecule has 0 atom stereocenters. The quantitative estimate of drug-likeness (QED) is 0.626. The fourth-order valence-electron chi connectivity index (χ4n) is 2.25. The second-order valence-electron chi connectivity index (χ2n) is 4.59. The van der Waals surface area contributed by atoms with Gasteiger partial charge in [0.1, 0.15) is 0 Å².